The number of carbonyl (C=O) groups excluding carboxylic acids is 4. The number of aromatic nitrogens is 1. The minimum absolute atomic E-state index is 0.147. The molecule has 1 fully saturated rings. The third-order valence-corrected chi connectivity index (χ3v) is 5.90. The van der Waals surface area contributed by atoms with Gasteiger partial charge in [-0.1, -0.05) is 44.2 Å². The monoisotopic (exact) mass is 462 g/mol. The highest BCUT2D eigenvalue weighted by Crippen LogP contribution is 2.33. The van der Waals surface area contributed by atoms with Gasteiger partial charge in [0.15, 0.2) is 5.13 Å². The first-order chi connectivity index (χ1) is 14.9. The van der Waals surface area contributed by atoms with Gasteiger partial charge in [0.25, 0.3) is 5.91 Å². The molecule has 0 radical (unpaired) electrons. The van der Waals surface area contributed by atoms with Crippen LogP contribution in [0.3, 0.4) is 0 Å². The Morgan fingerprint density at radius 3 is 2.44 bits per heavy atom. The standard InChI is InChI=1S/C21H23FN4O5S/c1-20(2,3)15-14(16(28)31-5)32-18(24-15)23-13(27)10-26-17(29)21(4,25-19(26)30)11-6-8-12(22)9-7-11/h6-9H,10H2,1-5H3,(H,25,30)(H,23,24,27). The molecule has 3 rings (SSSR count). The number of ether oxygens (including phenoxy) is 1. The molecule has 32 heavy (non-hydrogen) atoms. The zero-order valence-corrected chi connectivity index (χ0v) is 19.1. The molecule has 1 saturated heterocycles. The summed E-state index contributed by atoms with van der Waals surface area (Å²) in [5, 5.41) is 5.23. The normalized spacial score (nSPS) is 18.5. The number of nitrogens with zero attached hydrogens (tertiary/aromatic N) is 2. The van der Waals surface area contributed by atoms with Crippen molar-refractivity contribution in [2.45, 2.75) is 38.6 Å². The number of esters is 1. The third-order valence-electron chi connectivity index (χ3n) is 4.95. The second-order valence-corrected chi connectivity index (χ2v) is 9.44. The van der Waals surface area contributed by atoms with Crippen LogP contribution in [0, 0.1) is 5.82 Å². The van der Waals surface area contributed by atoms with E-state index >= 15 is 0 Å². The molecule has 0 aliphatic carbocycles. The fourth-order valence-electron chi connectivity index (χ4n) is 3.23. The lowest BCUT2D eigenvalue weighted by Crippen LogP contribution is -2.42. The maximum Gasteiger partial charge on any atom is 0.350 e. The summed E-state index contributed by atoms with van der Waals surface area (Å²) < 4.78 is 18.0. The first-order valence-electron chi connectivity index (χ1n) is 9.66. The summed E-state index contributed by atoms with van der Waals surface area (Å²) in [5.74, 6) is -2.36. The van der Waals surface area contributed by atoms with E-state index in [2.05, 4.69) is 15.6 Å². The zero-order valence-electron chi connectivity index (χ0n) is 18.2. The molecule has 2 aromatic rings. The van der Waals surface area contributed by atoms with E-state index in [0.29, 0.717) is 11.3 Å². The van der Waals surface area contributed by atoms with Crippen LogP contribution >= 0.6 is 11.3 Å². The lowest BCUT2D eigenvalue weighted by molar-refractivity contribution is -0.133. The number of hydrogen-bond acceptors (Lipinski definition) is 7. The number of rotatable bonds is 5. The van der Waals surface area contributed by atoms with Gasteiger partial charge in [-0.05, 0) is 24.6 Å². The Hall–Kier alpha value is -3.34. The number of carbonyl (C=O) groups is 4. The molecule has 4 amide bonds. The topological polar surface area (TPSA) is 118 Å². The van der Waals surface area contributed by atoms with Gasteiger partial charge < -0.3 is 15.4 Å². The highest BCUT2D eigenvalue weighted by molar-refractivity contribution is 7.17. The molecule has 2 heterocycles. The first-order valence-corrected chi connectivity index (χ1v) is 10.5. The molecule has 170 valence electrons. The molecular weight excluding hydrogens is 439 g/mol. The van der Waals surface area contributed by atoms with Crippen molar-refractivity contribution in [2.24, 2.45) is 0 Å². The molecular formula is C21H23FN4O5S. The molecule has 1 aromatic carbocycles. The number of anilines is 1. The van der Waals surface area contributed by atoms with E-state index in [1.54, 1.807) is 0 Å². The van der Waals surface area contributed by atoms with Gasteiger partial charge in [0, 0.05) is 5.41 Å². The van der Waals surface area contributed by atoms with Gasteiger partial charge in [-0.3, -0.25) is 14.5 Å². The molecule has 0 spiro atoms. The van der Waals surface area contributed by atoms with Gasteiger partial charge in [-0.15, -0.1) is 0 Å². The van der Waals surface area contributed by atoms with Crippen LogP contribution in [0.5, 0.6) is 0 Å². The number of urea groups is 1. The fraction of sp³-hybridized carbons (Fsp3) is 0.381. The van der Waals surface area contributed by atoms with Crippen LogP contribution in [0.2, 0.25) is 0 Å². The summed E-state index contributed by atoms with van der Waals surface area (Å²) in [4.78, 5) is 55.4. The van der Waals surface area contributed by atoms with Crippen molar-refractivity contribution >= 4 is 40.3 Å². The van der Waals surface area contributed by atoms with Crippen LogP contribution in [-0.4, -0.2) is 47.4 Å². The summed E-state index contributed by atoms with van der Waals surface area (Å²) in [6.45, 7) is 6.52. The smallest absolute Gasteiger partial charge is 0.350 e. The van der Waals surface area contributed by atoms with Gasteiger partial charge >= 0.3 is 12.0 Å². The SMILES string of the molecule is COC(=O)c1sc(NC(=O)CN2C(=O)NC(C)(c3ccc(F)cc3)C2=O)nc1C(C)(C)C. The van der Waals surface area contributed by atoms with Gasteiger partial charge in [-0.25, -0.2) is 19.0 Å². The average Bonchev–Trinajstić information content (AvgIpc) is 3.23. The number of thiazole rings is 1. The lowest BCUT2D eigenvalue weighted by atomic mass is 9.91. The average molecular weight is 463 g/mol. The maximum atomic E-state index is 13.2. The summed E-state index contributed by atoms with van der Waals surface area (Å²) in [5.41, 5.74) is -1.06. The van der Waals surface area contributed by atoms with Crippen LogP contribution < -0.4 is 10.6 Å². The minimum Gasteiger partial charge on any atom is -0.465 e. The number of imide groups is 1. The Bertz CT molecular complexity index is 1090. The lowest BCUT2D eigenvalue weighted by Gasteiger charge is -2.22. The Kier molecular flexibility index (Phi) is 6.05. The number of halogens is 1. The highest BCUT2D eigenvalue weighted by Gasteiger charge is 2.49. The molecule has 1 aliphatic heterocycles. The molecule has 1 unspecified atom stereocenters. The van der Waals surface area contributed by atoms with Gasteiger partial charge in [0.05, 0.1) is 12.8 Å². The van der Waals surface area contributed by atoms with Gasteiger partial charge in [0.2, 0.25) is 5.91 Å². The van der Waals surface area contributed by atoms with Crippen molar-refractivity contribution in [3.05, 3.63) is 46.2 Å². The largest absolute Gasteiger partial charge is 0.465 e. The molecule has 1 aliphatic rings. The quantitative estimate of drug-likeness (QED) is 0.521. The second-order valence-electron chi connectivity index (χ2n) is 8.44. The Morgan fingerprint density at radius 2 is 1.88 bits per heavy atom. The number of amides is 4. The number of methoxy groups -OCH3 is 1. The van der Waals surface area contributed by atoms with E-state index in [-0.39, 0.29) is 10.0 Å². The molecule has 1 aromatic heterocycles. The van der Waals surface area contributed by atoms with Crippen molar-refractivity contribution in [3.63, 3.8) is 0 Å². The molecule has 0 saturated carbocycles. The van der Waals surface area contributed by atoms with Crippen molar-refractivity contribution in [1.82, 2.24) is 15.2 Å². The molecule has 9 nitrogen and oxygen atoms in total. The van der Waals surface area contributed by atoms with E-state index in [0.717, 1.165) is 16.2 Å². The van der Waals surface area contributed by atoms with Crippen LogP contribution in [0.25, 0.3) is 0 Å². The third kappa shape index (κ3) is 4.33. The number of benzene rings is 1. The summed E-state index contributed by atoms with van der Waals surface area (Å²) in [7, 11) is 1.25. The number of hydrogen-bond donors (Lipinski definition) is 2. The first kappa shape index (κ1) is 23.3. The molecule has 2 N–H and O–H groups in total. The van der Waals surface area contributed by atoms with E-state index in [4.69, 9.17) is 4.74 Å². The maximum absolute atomic E-state index is 13.2. The van der Waals surface area contributed by atoms with Crippen LogP contribution in [0.15, 0.2) is 24.3 Å². The summed E-state index contributed by atoms with van der Waals surface area (Å²) >= 11 is 0.948. The van der Waals surface area contributed by atoms with Crippen molar-refractivity contribution < 1.29 is 28.3 Å². The zero-order chi connectivity index (χ0) is 23.8. The van der Waals surface area contributed by atoms with Crippen molar-refractivity contribution in [3.8, 4) is 0 Å². The van der Waals surface area contributed by atoms with Crippen molar-refractivity contribution in [1.29, 1.82) is 0 Å². The Labute approximate surface area is 188 Å². The van der Waals surface area contributed by atoms with E-state index in [1.807, 2.05) is 20.8 Å². The van der Waals surface area contributed by atoms with E-state index < -0.39 is 47.1 Å². The number of nitrogens with one attached hydrogen (secondary N) is 2. The summed E-state index contributed by atoms with van der Waals surface area (Å²) in [6, 6.07) is 4.42. The second kappa shape index (κ2) is 8.30. The minimum atomic E-state index is -1.43. The molecule has 11 heteroatoms. The Balaban J connectivity index is 1.77. The van der Waals surface area contributed by atoms with Crippen LogP contribution in [0.4, 0.5) is 14.3 Å². The van der Waals surface area contributed by atoms with Gasteiger partial charge in [-0.2, -0.15) is 0 Å². The van der Waals surface area contributed by atoms with Crippen LogP contribution in [0.1, 0.15) is 48.6 Å². The molecule has 1 atom stereocenters. The van der Waals surface area contributed by atoms with Crippen LogP contribution in [-0.2, 0) is 25.3 Å². The predicted octanol–water partition coefficient (Wildman–Crippen LogP) is 2.77. The van der Waals surface area contributed by atoms with E-state index in [1.165, 1.54) is 38.3 Å². The predicted molar refractivity (Wildman–Crippen MR) is 115 cm³/mol. The molecule has 0 bridgehead atoms. The Morgan fingerprint density at radius 1 is 1.25 bits per heavy atom. The highest BCUT2D eigenvalue weighted by atomic mass is 32.1. The van der Waals surface area contributed by atoms with Gasteiger partial charge in [0.1, 0.15) is 22.8 Å². The summed E-state index contributed by atoms with van der Waals surface area (Å²) in [6.07, 6.45) is 0. The fourth-order valence-corrected chi connectivity index (χ4v) is 4.35. The van der Waals surface area contributed by atoms with E-state index in [9.17, 15) is 23.6 Å². The van der Waals surface area contributed by atoms with Crippen molar-refractivity contribution in [2.75, 3.05) is 19.0 Å².